The van der Waals surface area contributed by atoms with E-state index in [1.165, 1.54) is 16.4 Å². The van der Waals surface area contributed by atoms with Gasteiger partial charge in [-0.05, 0) is 42.8 Å². The van der Waals surface area contributed by atoms with E-state index in [0.717, 1.165) is 0 Å². The molecular formula is C21H23FN4O4S. The molecule has 0 radical (unpaired) electrons. The normalized spacial score (nSPS) is 15.3. The molecule has 8 nitrogen and oxygen atoms in total. The van der Waals surface area contributed by atoms with Crippen molar-refractivity contribution in [2.75, 3.05) is 38.6 Å². The summed E-state index contributed by atoms with van der Waals surface area (Å²) in [7, 11) is -3.35. The first-order chi connectivity index (χ1) is 15.0. The highest BCUT2D eigenvalue weighted by atomic mass is 32.2. The minimum absolute atomic E-state index is 0.0278. The minimum atomic E-state index is -3.35. The summed E-state index contributed by atoms with van der Waals surface area (Å²) < 4.78 is 46.2. The number of carbonyl (C=O) groups excluding carboxylic acids is 1. The lowest BCUT2D eigenvalue weighted by Crippen LogP contribution is -2.42. The summed E-state index contributed by atoms with van der Waals surface area (Å²) in [5.41, 5.74) is 1.85. The lowest BCUT2D eigenvalue weighted by molar-refractivity contribution is 0.0730. The van der Waals surface area contributed by atoms with Crippen LogP contribution in [0, 0.1) is 5.82 Å². The molecule has 0 spiro atoms. The largest absolute Gasteiger partial charge is 0.379 e. The van der Waals surface area contributed by atoms with Gasteiger partial charge in [0.15, 0.2) is 0 Å². The van der Waals surface area contributed by atoms with Crippen LogP contribution in [-0.2, 0) is 14.8 Å². The Bertz CT molecular complexity index is 1170. The number of benzene rings is 2. The Morgan fingerprint density at radius 2 is 1.87 bits per heavy atom. The Kier molecular flexibility index (Phi) is 6.30. The molecule has 0 saturated carbocycles. The maximum atomic E-state index is 13.2. The van der Waals surface area contributed by atoms with E-state index in [9.17, 15) is 17.6 Å². The summed E-state index contributed by atoms with van der Waals surface area (Å²) in [5, 5.41) is 7.79. The molecule has 1 aliphatic rings. The summed E-state index contributed by atoms with van der Waals surface area (Å²) in [6, 6.07) is 11.2. The Morgan fingerprint density at radius 3 is 2.61 bits per heavy atom. The zero-order chi connectivity index (χ0) is 21.8. The van der Waals surface area contributed by atoms with Gasteiger partial charge in [-0.2, -0.15) is 9.40 Å². The first-order valence-electron chi connectivity index (χ1n) is 10.0. The third kappa shape index (κ3) is 4.76. The molecule has 1 fully saturated rings. The second-order valence-corrected chi connectivity index (χ2v) is 9.30. The fourth-order valence-corrected chi connectivity index (χ4v) is 5.02. The van der Waals surface area contributed by atoms with Gasteiger partial charge in [-0.25, -0.2) is 17.5 Å². The Labute approximate surface area is 179 Å². The second-order valence-electron chi connectivity index (χ2n) is 7.21. The predicted octanol–water partition coefficient (Wildman–Crippen LogP) is 1.95. The fourth-order valence-electron chi connectivity index (χ4n) is 3.54. The third-order valence-electron chi connectivity index (χ3n) is 5.16. The van der Waals surface area contributed by atoms with Crippen molar-refractivity contribution in [2.24, 2.45) is 0 Å². The van der Waals surface area contributed by atoms with Crippen LogP contribution < -0.4 is 5.32 Å². The topological polar surface area (TPSA) is 93.5 Å². The number of amides is 1. The van der Waals surface area contributed by atoms with Gasteiger partial charge < -0.3 is 10.1 Å². The fraction of sp³-hybridized carbons (Fsp3) is 0.333. The molecule has 0 aliphatic carbocycles. The van der Waals surface area contributed by atoms with E-state index < -0.39 is 10.0 Å². The van der Waals surface area contributed by atoms with E-state index >= 15 is 0 Å². The van der Waals surface area contributed by atoms with Gasteiger partial charge in [0.1, 0.15) is 5.82 Å². The molecule has 1 N–H and O–H groups in total. The number of ether oxygens (including phenoxy) is 1. The molecule has 164 valence electrons. The van der Waals surface area contributed by atoms with Crippen molar-refractivity contribution >= 4 is 26.8 Å². The molecule has 1 aliphatic heterocycles. The quantitative estimate of drug-likeness (QED) is 0.560. The van der Waals surface area contributed by atoms with Gasteiger partial charge in [0.05, 0.1) is 41.9 Å². The number of hydrogen-bond donors (Lipinski definition) is 1. The number of morpholine rings is 1. The molecule has 1 saturated heterocycles. The highest BCUT2D eigenvalue weighted by Crippen LogP contribution is 2.22. The molecular weight excluding hydrogens is 423 g/mol. The van der Waals surface area contributed by atoms with E-state index in [4.69, 9.17) is 4.74 Å². The number of hydrogen-bond acceptors (Lipinski definition) is 5. The predicted molar refractivity (Wildman–Crippen MR) is 114 cm³/mol. The number of fused-ring (bicyclic) bond motifs is 1. The standard InChI is InChI=1S/C21H23FN4O4S/c22-16-5-7-17(8-6-16)26-20-4-1-3-18(19(20)15-24-26)21(27)23-9-2-14-31(28,29)25-10-12-30-13-11-25/h1,3-8,15H,2,9-14H2,(H,23,27). The van der Waals surface area contributed by atoms with E-state index in [1.807, 2.05) is 6.07 Å². The summed E-state index contributed by atoms with van der Waals surface area (Å²) >= 11 is 0. The number of halogens is 1. The van der Waals surface area contributed by atoms with Crippen molar-refractivity contribution < 1.29 is 22.3 Å². The number of rotatable bonds is 7. The first-order valence-corrected chi connectivity index (χ1v) is 11.6. The molecule has 1 aromatic heterocycles. The zero-order valence-electron chi connectivity index (χ0n) is 16.8. The van der Waals surface area contributed by atoms with Gasteiger partial charge in [-0.15, -0.1) is 0 Å². The van der Waals surface area contributed by atoms with Crippen LogP contribution in [0.3, 0.4) is 0 Å². The van der Waals surface area contributed by atoms with Crippen LogP contribution in [0.1, 0.15) is 16.8 Å². The maximum absolute atomic E-state index is 13.2. The van der Waals surface area contributed by atoms with Gasteiger partial charge in [0, 0.05) is 25.0 Å². The average molecular weight is 447 g/mol. The number of nitrogens with zero attached hydrogens (tertiary/aromatic N) is 3. The lowest BCUT2D eigenvalue weighted by atomic mass is 10.1. The van der Waals surface area contributed by atoms with Crippen LogP contribution in [-0.4, -0.2) is 67.0 Å². The number of sulfonamides is 1. The zero-order valence-corrected chi connectivity index (χ0v) is 17.6. The Hall–Kier alpha value is -2.82. The van der Waals surface area contributed by atoms with Crippen LogP contribution in [0.4, 0.5) is 4.39 Å². The minimum Gasteiger partial charge on any atom is -0.379 e. The maximum Gasteiger partial charge on any atom is 0.252 e. The molecule has 3 aromatic rings. The van der Waals surface area contributed by atoms with Crippen molar-refractivity contribution in [2.45, 2.75) is 6.42 Å². The second kappa shape index (κ2) is 9.13. The van der Waals surface area contributed by atoms with Crippen LogP contribution in [0.25, 0.3) is 16.6 Å². The molecule has 4 rings (SSSR count). The van der Waals surface area contributed by atoms with Gasteiger partial charge in [-0.3, -0.25) is 4.79 Å². The summed E-state index contributed by atoms with van der Waals surface area (Å²) in [4.78, 5) is 12.7. The molecule has 0 bridgehead atoms. The molecule has 1 amide bonds. The summed E-state index contributed by atoms with van der Waals surface area (Å²) in [5.74, 6) is -0.663. The Morgan fingerprint density at radius 1 is 1.13 bits per heavy atom. The lowest BCUT2D eigenvalue weighted by Gasteiger charge is -2.26. The van der Waals surface area contributed by atoms with E-state index in [-0.39, 0.29) is 24.0 Å². The highest BCUT2D eigenvalue weighted by molar-refractivity contribution is 7.89. The van der Waals surface area contributed by atoms with Crippen molar-refractivity contribution in [3.05, 3.63) is 60.0 Å². The Balaban J connectivity index is 1.41. The molecule has 0 atom stereocenters. The van der Waals surface area contributed by atoms with Gasteiger partial charge in [0.2, 0.25) is 10.0 Å². The van der Waals surface area contributed by atoms with Gasteiger partial charge in [-0.1, -0.05) is 6.07 Å². The van der Waals surface area contributed by atoms with Crippen LogP contribution in [0.15, 0.2) is 48.7 Å². The molecule has 0 unspecified atom stereocenters. The van der Waals surface area contributed by atoms with Crippen molar-refractivity contribution in [3.8, 4) is 5.69 Å². The summed E-state index contributed by atoms with van der Waals surface area (Å²) in [6.45, 7) is 1.80. The molecule has 31 heavy (non-hydrogen) atoms. The molecule has 2 heterocycles. The van der Waals surface area contributed by atoms with E-state index in [1.54, 1.807) is 35.1 Å². The monoisotopic (exact) mass is 446 g/mol. The summed E-state index contributed by atoms with van der Waals surface area (Å²) in [6.07, 6.45) is 1.91. The third-order valence-corrected chi connectivity index (χ3v) is 7.11. The molecule has 10 heteroatoms. The number of nitrogens with one attached hydrogen (secondary N) is 1. The van der Waals surface area contributed by atoms with Crippen LogP contribution in [0.5, 0.6) is 0 Å². The van der Waals surface area contributed by atoms with Crippen LogP contribution in [0.2, 0.25) is 0 Å². The SMILES string of the molecule is O=C(NCCCS(=O)(=O)N1CCOCC1)c1cccc2c1cnn2-c1ccc(F)cc1. The van der Waals surface area contributed by atoms with Crippen molar-refractivity contribution in [1.29, 1.82) is 0 Å². The average Bonchev–Trinajstić information content (AvgIpc) is 3.22. The van der Waals surface area contributed by atoms with Crippen LogP contribution >= 0.6 is 0 Å². The highest BCUT2D eigenvalue weighted by Gasteiger charge is 2.23. The van der Waals surface area contributed by atoms with Crippen molar-refractivity contribution in [1.82, 2.24) is 19.4 Å². The van der Waals surface area contributed by atoms with Crippen molar-refractivity contribution in [3.63, 3.8) is 0 Å². The number of carbonyl (C=O) groups is 1. The molecule has 2 aromatic carbocycles. The van der Waals surface area contributed by atoms with E-state index in [0.29, 0.717) is 54.9 Å². The van der Waals surface area contributed by atoms with Gasteiger partial charge >= 0.3 is 0 Å². The smallest absolute Gasteiger partial charge is 0.252 e. The number of aromatic nitrogens is 2. The first kappa shape index (κ1) is 21.4. The van der Waals surface area contributed by atoms with Gasteiger partial charge in [0.25, 0.3) is 5.91 Å². The van der Waals surface area contributed by atoms with E-state index in [2.05, 4.69) is 10.4 Å².